The molecule has 0 radical (unpaired) electrons. The number of nitrogens with two attached hydrogens (primary N) is 1. The van der Waals surface area contributed by atoms with Crippen LogP contribution in [0.2, 0.25) is 0 Å². The van der Waals surface area contributed by atoms with Gasteiger partial charge < -0.3 is 15.6 Å². The molecule has 3 N–H and O–H groups in total. The van der Waals surface area contributed by atoms with Crippen LogP contribution in [0.3, 0.4) is 0 Å². The van der Waals surface area contributed by atoms with Gasteiger partial charge >= 0.3 is 0 Å². The number of aliphatic hydroxyl groups excluding tert-OH is 1. The first-order valence-corrected chi connectivity index (χ1v) is 6.25. The second-order valence-electron chi connectivity index (χ2n) is 3.62. The Morgan fingerprint density at radius 1 is 1.44 bits per heavy atom. The van der Waals surface area contributed by atoms with E-state index in [2.05, 4.69) is 15.9 Å². The standard InChI is InChI=1S/C12H18BrNO2/c1-3-10(15)12(14)9-7-8(13)5-6-11(9)16-4-2/h5-7,10,12,15H,3-4,14H2,1-2H3/t10-,12+/m0/s1. The van der Waals surface area contributed by atoms with Crippen molar-refractivity contribution in [2.45, 2.75) is 32.4 Å². The molecule has 2 atom stereocenters. The highest BCUT2D eigenvalue weighted by atomic mass is 79.9. The van der Waals surface area contributed by atoms with Crippen LogP contribution in [0.15, 0.2) is 22.7 Å². The highest BCUT2D eigenvalue weighted by Crippen LogP contribution is 2.29. The van der Waals surface area contributed by atoms with Gasteiger partial charge in [-0.3, -0.25) is 0 Å². The summed E-state index contributed by atoms with van der Waals surface area (Å²) < 4.78 is 6.43. The first kappa shape index (κ1) is 13.5. The van der Waals surface area contributed by atoms with Crippen LogP contribution in [-0.4, -0.2) is 17.8 Å². The Labute approximate surface area is 105 Å². The summed E-state index contributed by atoms with van der Waals surface area (Å²) in [6.45, 7) is 4.42. The van der Waals surface area contributed by atoms with Crippen molar-refractivity contribution in [2.75, 3.05) is 6.61 Å². The summed E-state index contributed by atoms with van der Waals surface area (Å²) in [4.78, 5) is 0. The van der Waals surface area contributed by atoms with Gasteiger partial charge in [0.15, 0.2) is 0 Å². The number of aliphatic hydroxyl groups is 1. The van der Waals surface area contributed by atoms with Crippen LogP contribution in [0.25, 0.3) is 0 Å². The van der Waals surface area contributed by atoms with Crippen LogP contribution in [0.5, 0.6) is 5.75 Å². The zero-order valence-corrected chi connectivity index (χ0v) is 11.2. The summed E-state index contributed by atoms with van der Waals surface area (Å²) in [5, 5.41) is 9.77. The Morgan fingerprint density at radius 2 is 2.12 bits per heavy atom. The van der Waals surface area contributed by atoms with Crippen LogP contribution in [0, 0.1) is 0 Å². The third kappa shape index (κ3) is 3.20. The predicted molar refractivity (Wildman–Crippen MR) is 68.5 cm³/mol. The fraction of sp³-hybridized carbons (Fsp3) is 0.500. The third-order valence-electron chi connectivity index (χ3n) is 2.46. The molecule has 1 rings (SSSR count). The van der Waals surface area contributed by atoms with Crippen molar-refractivity contribution in [3.63, 3.8) is 0 Å². The Hall–Kier alpha value is -0.580. The third-order valence-corrected chi connectivity index (χ3v) is 2.96. The van der Waals surface area contributed by atoms with Gasteiger partial charge in [-0.1, -0.05) is 22.9 Å². The molecule has 0 unspecified atom stereocenters. The topological polar surface area (TPSA) is 55.5 Å². The van der Waals surface area contributed by atoms with Gasteiger partial charge in [-0.05, 0) is 31.5 Å². The first-order valence-electron chi connectivity index (χ1n) is 5.46. The van der Waals surface area contributed by atoms with Crippen LogP contribution in [0.1, 0.15) is 31.9 Å². The zero-order chi connectivity index (χ0) is 12.1. The predicted octanol–water partition coefficient (Wildman–Crippen LogP) is 2.62. The average Bonchev–Trinajstić information content (AvgIpc) is 2.29. The minimum absolute atomic E-state index is 0.413. The molecule has 90 valence electrons. The van der Waals surface area contributed by atoms with E-state index in [1.165, 1.54) is 0 Å². The summed E-state index contributed by atoms with van der Waals surface area (Å²) in [7, 11) is 0. The second-order valence-corrected chi connectivity index (χ2v) is 4.53. The van der Waals surface area contributed by atoms with Gasteiger partial charge in [0.25, 0.3) is 0 Å². The Balaban J connectivity index is 3.03. The number of hydrogen-bond donors (Lipinski definition) is 2. The van der Waals surface area contributed by atoms with E-state index in [0.717, 1.165) is 15.8 Å². The Bertz CT molecular complexity index is 344. The minimum Gasteiger partial charge on any atom is -0.494 e. The average molecular weight is 288 g/mol. The largest absolute Gasteiger partial charge is 0.494 e. The maximum absolute atomic E-state index is 9.77. The van der Waals surface area contributed by atoms with Crippen molar-refractivity contribution >= 4 is 15.9 Å². The molecular formula is C12H18BrNO2. The first-order chi connectivity index (χ1) is 7.60. The molecule has 0 amide bonds. The van der Waals surface area contributed by atoms with Gasteiger partial charge in [0, 0.05) is 10.0 Å². The smallest absolute Gasteiger partial charge is 0.124 e. The minimum atomic E-state index is -0.548. The highest BCUT2D eigenvalue weighted by molar-refractivity contribution is 9.10. The van der Waals surface area contributed by atoms with E-state index in [9.17, 15) is 5.11 Å². The molecule has 0 saturated carbocycles. The summed E-state index contributed by atoms with van der Waals surface area (Å²) in [6.07, 6.45) is 0.0766. The highest BCUT2D eigenvalue weighted by Gasteiger charge is 2.19. The fourth-order valence-corrected chi connectivity index (χ4v) is 1.91. The Kier molecular flexibility index (Phi) is 5.25. The quantitative estimate of drug-likeness (QED) is 0.875. The van der Waals surface area contributed by atoms with Crippen molar-refractivity contribution in [3.8, 4) is 5.75 Å². The number of benzene rings is 1. The molecule has 0 heterocycles. The van der Waals surface area contributed by atoms with Crippen molar-refractivity contribution in [1.82, 2.24) is 0 Å². The lowest BCUT2D eigenvalue weighted by atomic mass is 10.00. The van der Waals surface area contributed by atoms with Crippen LogP contribution in [0.4, 0.5) is 0 Å². The summed E-state index contributed by atoms with van der Waals surface area (Å²) in [6, 6.07) is 5.25. The summed E-state index contributed by atoms with van der Waals surface area (Å²) in [5.74, 6) is 0.741. The number of ether oxygens (including phenoxy) is 1. The maximum Gasteiger partial charge on any atom is 0.124 e. The van der Waals surface area contributed by atoms with Crippen LogP contribution < -0.4 is 10.5 Å². The number of halogens is 1. The van der Waals surface area contributed by atoms with Gasteiger partial charge in [0.05, 0.1) is 18.8 Å². The summed E-state index contributed by atoms with van der Waals surface area (Å²) >= 11 is 3.39. The fourth-order valence-electron chi connectivity index (χ4n) is 1.53. The van der Waals surface area contributed by atoms with E-state index in [-0.39, 0.29) is 0 Å². The zero-order valence-electron chi connectivity index (χ0n) is 9.61. The monoisotopic (exact) mass is 287 g/mol. The molecule has 0 aromatic heterocycles. The lowest BCUT2D eigenvalue weighted by molar-refractivity contribution is 0.139. The van der Waals surface area contributed by atoms with E-state index in [4.69, 9.17) is 10.5 Å². The number of rotatable bonds is 5. The molecule has 0 aliphatic carbocycles. The molecule has 3 nitrogen and oxygen atoms in total. The van der Waals surface area contributed by atoms with Gasteiger partial charge in [0.2, 0.25) is 0 Å². The van der Waals surface area contributed by atoms with Gasteiger partial charge in [0.1, 0.15) is 5.75 Å². The van der Waals surface area contributed by atoms with Crippen molar-refractivity contribution in [1.29, 1.82) is 0 Å². The second kappa shape index (κ2) is 6.23. The number of hydrogen-bond acceptors (Lipinski definition) is 3. The molecule has 1 aromatic carbocycles. The van der Waals surface area contributed by atoms with E-state index in [0.29, 0.717) is 13.0 Å². The maximum atomic E-state index is 9.77. The normalized spacial score (nSPS) is 14.6. The molecule has 1 aromatic rings. The SMILES string of the molecule is CCOc1ccc(Br)cc1[C@@H](N)[C@@H](O)CC. The molecule has 16 heavy (non-hydrogen) atoms. The van der Waals surface area contributed by atoms with E-state index >= 15 is 0 Å². The van der Waals surface area contributed by atoms with Crippen molar-refractivity contribution < 1.29 is 9.84 Å². The molecule has 0 aliphatic heterocycles. The molecule has 4 heteroatoms. The van der Waals surface area contributed by atoms with Crippen molar-refractivity contribution in [3.05, 3.63) is 28.2 Å². The van der Waals surface area contributed by atoms with E-state index in [1.807, 2.05) is 32.0 Å². The van der Waals surface area contributed by atoms with Gasteiger partial charge in [-0.25, -0.2) is 0 Å². The van der Waals surface area contributed by atoms with Crippen LogP contribution in [-0.2, 0) is 0 Å². The van der Waals surface area contributed by atoms with E-state index < -0.39 is 12.1 Å². The lowest BCUT2D eigenvalue weighted by Crippen LogP contribution is -2.26. The molecule has 0 aliphatic rings. The molecule has 0 bridgehead atoms. The lowest BCUT2D eigenvalue weighted by Gasteiger charge is -2.20. The molecular weight excluding hydrogens is 270 g/mol. The van der Waals surface area contributed by atoms with Crippen LogP contribution >= 0.6 is 15.9 Å². The van der Waals surface area contributed by atoms with Gasteiger partial charge in [-0.2, -0.15) is 0 Å². The molecule has 0 spiro atoms. The van der Waals surface area contributed by atoms with Gasteiger partial charge in [-0.15, -0.1) is 0 Å². The van der Waals surface area contributed by atoms with Crippen molar-refractivity contribution in [2.24, 2.45) is 5.73 Å². The Morgan fingerprint density at radius 3 is 2.69 bits per heavy atom. The molecule has 0 saturated heterocycles. The molecule has 0 fully saturated rings. The summed E-state index contributed by atoms with van der Waals surface area (Å²) in [5.41, 5.74) is 6.84. The van der Waals surface area contributed by atoms with E-state index in [1.54, 1.807) is 0 Å².